The molecule has 0 radical (unpaired) electrons. The van der Waals surface area contributed by atoms with Gasteiger partial charge in [-0.3, -0.25) is 4.40 Å². The molecule has 4 rings (SSSR count). The van der Waals surface area contributed by atoms with Crippen LogP contribution in [-0.2, 0) is 17.3 Å². The summed E-state index contributed by atoms with van der Waals surface area (Å²) in [6, 6.07) is 1.31. The molecule has 2 aromatic rings. The van der Waals surface area contributed by atoms with Gasteiger partial charge in [0.15, 0.2) is 11.8 Å². The molecule has 0 aromatic carbocycles. The Hall–Kier alpha value is -2.45. The van der Waals surface area contributed by atoms with Crippen LogP contribution >= 0.6 is 0 Å². The number of halogens is 5. The van der Waals surface area contributed by atoms with Crippen LogP contribution in [0.4, 0.5) is 22.0 Å². The molecule has 3 unspecified atom stereocenters. The first-order chi connectivity index (χ1) is 14.2. The maximum Gasteiger partial charge on any atom is 0.420 e. The molecule has 2 aromatic heterocycles. The Bertz CT molecular complexity index is 1010. The highest BCUT2D eigenvalue weighted by Crippen LogP contribution is 2.40. The average Bonchev–Trinajstić information content (AvgIpc) is 3.06. The highest BCUT2D eigenvalue weighted by molar-refractivity contribution is 5.54. The van der Waals surface area contributed by atoms with Gasteiger partial charge in [0.1, 0.15) is 29.1 Å². The minimum atomic E-state index is -4.70. The SMILES string of the molecule is CC(OC1=CC=C(F)C(C)C1F)c1ccn2c(CC3CCC3)nnc2c1C(F)(F)F. The number of nitrogens with zero attached hydrogens (tertiary/aromatic N) is 3. The Kier molecular flexibility index (Phi) is 5.32. The minimum Gasteiger partial charge on any atom is -0.487 e. The molecule has 2 aliphatic rings. The minimum absolute atomic E-state index is 0.173. The van der Waals surface area contributed by atoms with Crippen LogP contribution in [0.5, 0.6) is 0 Å². The van der Waals surface area contributed by atoms with Gasteiger partial charge in [0.25, 0.3) is 0 Å². The van der Waals surface area contributed by atoms with Gasteiger partial charge in [0, 0.05) is 24.1 Å². The molecule has 1 saturated carbocycles. The highest BCUT2D eigenvalue weighted by Gasteiger charge is 2.40. The molecule has 3 atom stereocenters. The zero-order valence-electron chi connectivity index (χ0n) is 16.6. The smallest absolute Gasteiger partial charge is 0.420 e. The lowest BCUT2D eigenvalue weighted by Crippen LogP contribution is -2.22. The third-order valence-electron chi connectivity index (χ3n) is 5.96. The van der Waals surface area contributed by atoms with Crippen LogP contribution in [0.3, 0.4) is 0 Å². The second-order valence-corrected chi connectivity index (χ2v) is 8.03. The molecule has 0 amide bonds. The lowest BCUT2D eigenvalue weighted by atomic mass is 9.83. The van der Waals surface area contributed by atoms with Gasteiger partial charge in [-0.2, -0.15) is 13.2 Å². The van der Waals surface area contributed by atoms with E-state index in [2.05, 4.69) is 10.2 Å². The molecule has 9 heteroatoms. The van der Waals surface area contributed by atoms with E-state index in [1.807, 2.05) is 0 Å². The molecule has 0 N–H and O–H groups in total. The molecule has 30 heavy (non-hydrogen) atoms. The van der Waals surface area contributed by atoms with Crippen LogP contribution in [0.25, 0.3) is 5.65 Å². The number of fused-ring (bicyclic) bond motifs is 1. The van der Waals surface area contributed by atoms with E-state index in [0.717, 1.165) is 31.4 Å². The summed E-state index contributed by atoms with van der Waals surface area (Å²) in [7, 11) is 0. The lowest BCUT2D eigenvalue weighted by molar-refractivity contribution is -0.138. The molecule has 162 valence electrons. The third kappa shape index (κ3) is 3.70. The van der Waals surface area contributed by atoms with Crippen LogP contribution in [-0.4, -0.2) is 20.8 Å². The van der Waals surface area contributed by atoms with E-state index in [1.165, 1.54) is 30.5 Å². The van der Waals surface area contributed by atoms with E-state index in [4.69, 9.17) is 4.74 Å². The van der Waals surface area contributed by atoms with Gasteiger partial charge < -0.3 is 4.74 Å². The Morgan fingerprint density at radius 3 is 2.60 bits per heavy atom. The fourth-order valence-electron chi connectivity index (χ4n) is 3.91. The quantitative estimate of drug-likeness (QED) is 0.559. The van der Waals surface area contributed by atoms with E-state index < -0.39 is 35.8 Å². The molecule has 2 heterocycles. The summed E-state index contributed by atoms with van der Waals surface area (Å²) in [6.07, 6.45) is -0.120. The van der Waals surface area contributed by atoms with Gasteiger partial charge in [-0.15, -0.1) is 10.2 Å². The van der Waals surface area contributed by atoms with E-state index in [9.17, 15) is 22.0 Å². The number of rotatable bonds is 5. The van der Waals surface area contributed by atoms with Crippen LogP contribution in [0.1, 0.15) is 56.2 Å². The third-order valence-corrected chi connectivity index (χ3v) is 5.96. The monoisotopic (exact) mass is 427 g/mol. The first kappa shape index (κ1) is 20.8. The van der Waals surface area contributed by atoms with E-state index in [1.54, 1.807) is 0 Å². The van der Waals surface area contributed by atoms with Crippen molar-refractivity contribution in [3.63, 3.8) is 0 Å². The number of hydrogen-bond donors (Lipinski definition) is 0. The number of aromatic nitrogens is 3. The summed E-state index contributed by atoms with van der Waals surface area (Å²) in [4.78, 5) is 0. The zero-order valence-corrected chi connectivity index (χ0v) is 16.6. The summed E-state index contributed by atoms with van der Waals surface area (Å²) in [5.41, 5.74) is -1.42. The first-order valence-corrected chi connectivity index (χ1v) is 9.98. The normalized spacial score (nSPS) is 23.7. The maximum atomic E-state index is 14.4. The molecule has 0 saturated heterocycles. The number of alkyl halides is 4. The number of allylic oxidation sites excluding steroid dienone is 4. The first-order valence-electron chi connectivity index (χ1n) is 9.98. The summed E-state index contributed by atoms with van der Waals surface area (Å²) < 4.78 is 76.7. The van der Waals surface area contributed by atoms with E-state index in [-0.39, 0.29) is 17.0 Å². The second-order valence-electron chi connectivity index (χ2n) is 8.03. The lowest BCUT2D eigenvalue weighted by Gasteiger charge is -2.26. The largest absolute Gasteiger partial charge is 0.487 e. The Labute approximate surface area is 170 Å². The summed E-state index contributed by atoms with van der Waals surface area (Å²) in [5, 5.41) is 7.80. The molecule has 0 bridgehead atoms. The zero-order chi connectivity index (χ0) is 21.6. The van der Waals surface area contributed by atoms with Gasteiger partial charge in [-0.05, 0) is 31.1 Å². The Morgan fingerprint density at radius 2 is 1.97 bits per heavy atom. The van der Waals surface area contributed by atoms with Crippen molar-refractivity contribution in [2.45, 2.75) is 58.0 Å². The van der Waals surface area contributed by atoms with E-state index in [0.29, 0.717) is 18.2 Å². The van der Waals surface area contributed by atoms with Crippen LogP contribution < -0.4 is 0 Å². The predicted molar refractivity (Wildman–Crippen MR) is 99.9 cm³/mol. The molecule has 4 nitrogen and oxygen atoms in total. The van der Waals surface area contributed by atoms with Crippen LogP contribution in [0.2, 0.25) is 0 Å². The average molecular weight is 427 g/mol. The van der Waals surface area contributed by atoms with Crippen molar-refractivity contribution in [2.24, 2.45) is 11.8 Å². The molecule has 0 aliphatic heterocycles. The molecule has 0 spiro atoms. The molecular weight excluding hydrogens is 405 g/mol. The van der Waals surface area contributed by atoms with Gasteiger partial charge in [-0.25, -0.2) is 8.78 Å². The second kappa shape index (κ2) is 7.67. The molecule has 2 aliphatic carbocycles. The van der Waals surface area contributed by atoms with Crippen molar-refractivity contribution in [3.05, 3.63) is 53.0 Å². The van der Waals surface area contributed by atoms with E-state index >= 15 is 0 Å². The van der Waals surface area contributed by atoms with Crippen molar-refractivity contribution in [2.75, 3.05) is 0 Å². The van der Waals surface area contributed by atoms with Crippen molar-refractivity contribution in [1.29, 1.82) is 0 Å². The topological polar surface area (TPSA) is 39.4 Å². The van der Waals surface area contributed by atoms with Gasteiger partial charge >= 0.3 is 6.18 Å². The van der Waals surface area contributed by atoms with Crippen molar-refractivity contribution in [1.82, 2.24) is 14.6 Å². The standard InChI is InChI=1S/C21H22F5N3O/c1-11-15(22)6-7-16(19(11)23)30-12(2)14-8-9-29-17(10-13-4-3-5-13)27-28-20(29)18(14)21(24,25)26/h6-9,11-13,19H,3-5,10H2,1-2H3. The fraction of sp³-hybridized carbons (Fsp3) is 0.524. The number of pyridine rings is 1. The van der Waals surface area contributed by atoms with Gasteiger partial charge in [0.2, 0.25) is 0 Å². The van der Waals surface area contributed by atoms with Crippen molar-refractivity contribution < 1.29 is 26.7 Å². The molecule has 1 fully saturated rings. The summed E-state index contributed by atoms with van der Waals surface area (Å²) in [6.45, 7) is 2.75. The predicted octanol–water partition coefficient (Wildman–Crippen LogP) is 5.89. The Morgan fingerprint density at radius 1 is 1.23 bits per heavy atom. The highest BCUT2D eigenvalue weighted by atomic mass is 19.4. The number of ether oxygens (including phenoxy) is 1. The number of hydrogen-bond acceptors (Lipinski definition) is 3. The van der Waals surface area contributed by atoms with Crippen molar-refractivity contribution in [3.8, 4) is 0 Å². The maximum absolute atomic E-state index is 14.4. The Balaban J connectivity index is 1.69. The summed E-state index contributed by atoms with van der Waals surface area (Å²) >= 11 is 0. The summed E-state index contributed by atoms with van der Waals surface area (Å²) in [5.74, 6) is -0.969. The van der Waals surface area contributed by atoms with Crippen molar-refractivity contribution >= 4 is 5.65 Å². The fourth-order valence-corrected chi connectivity index (χ4v) is 3.91. The van der Waals surface area contributed by atoms with Gasteiger partial charge in [-0.1, -0.05) is 26.2 Å². The molecular formula is C21H22F5N3O. The van der Waals surface area contributed by atoms with Crippen LogP contribution in [0.15, 0.2) is 36.0 Å². The van der Waals surface area contributed by atoms with Crippen LogP contribution in [0, 0.1) is 11.8 Å². The van der Waals surface area contributed by atoms with Gasteiger partial charge in [0.05, 0.1) is 0 Å².